The lowest BCUT2D eigenvalue weighted by Gasteiger charge is -2.20. The Kier molecular flexibility index (Phi) is 3.53. The van der Waals surface area contributed by atoms with Crippen LogP contribution in [-0.2, 0) is 0 Å². The molecular weight excluding hydrogens is 238 g/mol. The Bertz CT molecular complexity index is 571. The van der Waals surface area contributed by atoms with Gasteiger partial charge in [-0.15, -0.1) is 6.42 Å². The van der Waals surface area contributed by atoms with Crippen molar-refractivity contribution < 1.29 is 0 Å². The molecule has 0 amide bonds. The maximum absolute atomic E-state index is 8.81. The zero-order valence-electron chi connectivity index (χ0n) is 9.24. The van der Waals surface area contributed by atoms with Crippen LogP contribution in [0.25, 0.3) is 0 Å². The van der Waals surface area contributed by atoms with E-state index in [2.05, 4.69) is 21.2 Å². The Labute approximate surface area is 104 Å². The van der Waals surface area contributed by atoms with Gasteiger partial charge in [-0.3, -0.25) is 0 Å². The van der Waals surface area contributed by atoms with Crippen molar-refractivity contribution in [1.82, 2.24) is 9.97 Å². The van der Waals surface area contributed by atoms with E-state index in [1.807, 2.05) is 0 Å². The molecule has 1 heterocycles. The molecule has 0 atom stereocenters. The first kappa shape index (κ1) is 12.8. The van der Waals surface area contributed by atoms with Crippen LogP contribution >= 0.6 is 11.6 Å². The average molecular weight is 246 g/mol. The number of rotatable bonds is 2. The molecule has 0 unspecified atom stereocenters. The van der Waals surface area contributed by atoms with Gasteiger partial charge in [0.1, 0.15) is 12.1 Å². The van der Waals surface area contributed by atoms with E-state index in [0.29, 0.717) is 0 Å². The molecule has 5 nitrogen and oxygen atoms in total. The third-order valence-corrected chi connectivity index (χ3v) is 2.12. The second-order valence-corrected chi connectivity index (χ2v) is 4.04. The Hall–Kier alpha value is -2.29. The quantitative estimate of drug-likeness (QED) is 0.802. The number of anilines is 1. The van der Waals surface area contributed by atoms with Gasteiger partial charge in [0.05, 0.1) is 5.54 Å². The lowest BCUT2D eigenvalue weighted by Crippen LogP contribution is -2.29. The normalized spacial score (nSPS) is 9.88. The fourth-order valence-electron chi connectivity index (χ4n) is 0.982. The van der Waals surface area contributed by atoms with Gasteiger partial charge < -0.3 is 5.32 Å². The summed E-state index contributed by atoms with van der Waals surface area (Å²) in [5.74, 6) is 2.68. The molecule has 0 aromatic carbocycles. The summed E-state index contributed by atoms with van der Waals surface area (Å²) >= 11 is 5.83. The molecule has 0 aliphatic rings. The van der Waals surface area contributed by atoms with Gasteiger partial charge in [-0.25, -0.2) is 9.97 Å². The monoisotopic (exact) mass is 245 g/mol. The first-order valence-corrected chi connectivity index (χ1v) is 4.95. The molecule has 6 heteroatoms. The van der Waals surface area contributed by atoms with Crippen LogP contribution in [0, 0.1) is 35.0 Å². The number of nitrogens with zero attached hydrogens (tertiary/aromatic N) is 4. The highest BCUT2D eigenvalue weighted by atomic mass is 35.5. The molecule has 0 fully saturated rings. The zero-order chi connectivity index (χ0) is 13.1. The number of terminal acetylenes is 1. The highest BCUT2D eigenvalue weighted by molar-refractivity contribution is 6.31. The minimum atomic E-state index is -0.681. The largest absolute Gasteiger partial charge is 0.352 e. The van der Waals surface area contributed by atoms with E-state index in [1.54, 1.807) is 26.0 Å². The Balaban J connectivity index is 3.26. The summed E-state index contributed by atoms with van der Waals surface area (Å²) in [6.07, 6.45) is 5.31. The molecule has 0 spiro atoms. The number of hydrogen-bond acceptors (Lipinski definition) is 5. The molecule has 0 radical (unpaired) electrons. The SMILES string of the molecule is C#CC(C)(C)Nc1nc(C#N)c(C#N)nc1Cl. The lowest BCUT2D eigenvalue weighted by atomic mass is 10.1. The summed E-state index contributed by atoms with van der Waals surface area (Å²) in [6, 6.07) is 3.51. The van der Waals surface area contributed by atoms with Gasteiger partial charge in [0.2, 0.25) is 0 Å². The standard InChI is InChI=1S/C11H8ClN5/c1-4-11(2,3)17-10-9(12)15-7(5-13)8(6-14)16-10/h1H,2-3H3,(H,16,17). The highest BCUT2D eigenvalue weighted by Gasteiger charge is 2.19. The third kappa shape index (κ3) is 2.84. The Morgan fingerprint density at radius 2 is 1.76 bits per heavy atom. The van der Waals surface area contributed by atoms with Crippen molar-refractivity contribution in [3.8, 4) is 24.5 Å². The van der Waals surface area contributed by atoms with E-state index < -0.39 is 5.54 Å². The summed E-state index contributed by atoms with van der Waals surface area (Å²) in [4.78, 5) is 7.68. The molecule has 0 saturated carbocycles. The van der Waals surface area contributed by atoms with Gasteiger partial charge in [-0.05, 0) is 13.8 Å². The van der Waals surface area contributed by atoms with Crippen LogP contribution in [0.4, 0.5) is 5.82 Å². The predicted octanol–water partition coefficient (Wildman–Crippen LogP) is 1.70. The maximum atomic E-state index is 8.81. The van der Waals surface area contributed by atoms with Gasteiger partial charge in [-0.1, -0.05) is 17.5 Å². The second kappa shape index (κ2) is 4.70. The summed E-state index contributed by atoms with van der Waals surface area (Å²) in [6.45, 7) is 3.49. The fraction of sp³-hybridized carbons (Fsp3) is 0.273. The van der Waals surface area contributed by atoms with Crippen molar-refractivity contribution in [2.24, 2.45) is 0 Å². The van der Waals surface area contributed by atoms with E-state index >= 15 is 0 Å². The average Bonchev–Trinajstić information content (AvgIpc) is 2.31. The molecule has 1 aromatic heterocycles. The van der Waals surface area contributed by atoms with Crippen LogP contribution < -0.4 is 5.32 Å². The molecule has 0 aliphatic carbocycles. The number of nitriles is 2. The van der Waals surface area contributed by atoms with Crippen molar-refractivity contribution in [1.29, 1.82) is 10.5 Å². The molecule has 1 aromatic rings. The second-order valence-electron chi connectivity index (χ2n) is 3.68. The number of nitrogens with one attached hydrogen (secondary N) is 1. The van der Waals surface area contributed by atoms with E-state index in [0.717, 1.165) is 0 Å². The van der Waals surface area contributed by atoms with Crippen molar-refractivity contribution in [2.45, 2.75) is 19.4 Å². The topological polar surface area (TPSA) is 85.4 Å². The molecule has 0 saturated heterocycles. The minimum Gasteiger partial charge on any atom is -0.352 e. The number of aromatic nitrogens is 2. The van der Waals surface area contributed by atoms with Crippen molar-refractivity contribution in [3.63, 3.8) is 0 Å². The molecule has 84 valence electrons. The molecule has 1 rings (SSSR count). The van der Waals surface area contributed by atoms with E-state index in [9.17, 15) is 0 Å². The van der Waals surface area contributed by atoms with Crippen LogP contribution in [0.3, 0.4) is 0 Å². The number of hydrogen-bond donors (Lipinski definition) is 1. The minimum absolute atomic E-state index is 0.00359. The van der Waals surface area contributed by atoms with E-state index in [1.165, 1.54) is 0 Å². The van der Waals surface area contributed by atoms with Crippen LogP contribution in [0.5, 0.6) is 0 Å². The zero-order valence-corrected chi connectivity index (χ0v) is 10.0. The van der Waals surface area contributed by atoms with Crippen LogP contribution in [-0.4, -0.2) is 15.5 Å². The third-order valence-electron chi connectivity index (χ3n) is 1.86. The molecular formula is C11H8ClN5. The van der Waals surface area contributed by atoms with Crippen molar-refractivity contribution in [3.05, 3.63) is 16.5 Å². The smallest absolute Gasteiger partial charge is 0.179 e. The predicted molar refractivity (Wildman–Crippen MR) is 63.0 cm³/mol. The van der Waals surface area contributed by atoms with Crippen LogP contribution in [0.1, 0.15) is 25.2 Å². The lowest BCUT2D eigenvalue weighted by molar-refractivity contribution is 0.734. The van der Waals surface area contributed by atoms with E-state index in [-0.39, 0.29) is 22.4 Å². The summed E-state index contributed by atoms with van der Waals surface area (Å²) in [5.41, 5.74) is -0.882. The Morgan fingerprint density at radius 3 is 2.24 bits per heavy atom. The van der Waals surface area contributed by atoms with Gasteiger partial charge in [0, 0.05) is 0 Å². The van der Waals surface area contributed by atoms with Gasteiger partial charge in [-0.2, -0.15) is 10.5 Å². The van der Waals surface area contributed by atoms with Crippen molar-refractivity contribution >= 4 is 17.4 Å². The van der Waals surface area contributed by atoms with Crippen LogP contribution in [0.15, 0.2) is 0 Å². The molecule has 1 N–H and O–H groups in total. The first-order chi connectivity index (χ1) is 7.93. The Morgan fingerprint density at radius 1 is 1.24 bits per heavy atom. The first-order valence-electron chi connectivity index (χ1n) is 4.57. The molecule has 0 bridgehead atoms. The number of halogens is 1. The maximum Gasteiger partial charge on any atom is 0.179 e. The molecule has 17 heavy (non-hydrogen) atoms. The van der Waals surface area contributed by atoms with E-state index in [4.69, 9.17) is 28.5 Å². The summed E-state index contributed by atoms with van der Waals surface area (Å²) in [5, 5.41) is 20.4. The van der Waals surface area contributed by atoms with Gasteiger partial charge >= 0.3 is 0 Å². The highest BCUT2D eigenvalue weighted by Crippen LogP contribution is 2.21. The molecule has 0 aliphatic heterocycles. The van der Waals surface area contributed by atoms with Crippen molar-refractivity contribution in [2.75, 3.05) is 5.32 Å². The van der Waals surface area contributed by atoms with Gasteiger partial charge in [0.25, 0.3) is 0 Å². The summed E-state index contributed by atoms with van der Waals surface area (Å²) in [7, 11) is 0. The summed E-state index contributed by atoms with van der Waals surface area (Å²) < 4.78 is 0. The van der Waals surface area contributed by atoms with Crippen LogP contribution in [0.2, 0.25) is 5.15 Å². The van der Waals surface area contributed by atoms with Gasteiger partial charge in [0.15, 0.2) is 22.4 Å². The fourth-order valence-corrected chi connectivity index (χ4v) is 1.16.